The number of pyridine rings is 1. The maximum Gasteiger partial charge on any atom is 0.342 e. The summed E-state index contributed by atoms with van der Waals surface area (Å²) in [6, 6.07) is 3.07. The van der Waals surface area contributed by atoms with Gasteiger partial charge in [0.25, 0.3) is 0 Å². The number of aromatic nitrogens is 1. The van der Waals surface area contributed by atoms with Gasteiger partial charge in [0.2, 0.25) is 0 Å². The van der Waals surface area contributed by atoms with Crippen LogP contribution < -0.4 is 4.74 Å². The third-order valence-corrected chi connectivity index (χ3v) is 3.61. The molecule has 7 heteroatoms. The highest BCUT2D eigenvalue weighted by atomic mass is 35.5. The van der Waals surface area contributed by atoms with Crippen LogP contribution in [0.15, 0.2) is 24.5 Å². The molecule has 0 radical (unpaired) electrons. The van der Waals surface area contributed by atoms with E-state index in [1.807, 2.05) is 0 Å². The van der Waals surface area contributed by atoms with Crippen LogP contribution in [0.2, 0.25) is 15.1 Å². The molecule has 0 spiro atoms. The molecule has 2 rings (SSSR count). The Labute approximate surface area is 136 Å². The number of ether oxygens (including phenoxy) is 2. The zero-order valence-corrected chi connectivity index (χ0v) is 13.4. The summed E-state index contributed by atoms with van der Waals surface area (Å²) < 4.78 is 9.94. The number of carbonyl (C=O) groups excluding carboxylic acids is 1. The number of benzene rings is 1. The fourth-order valence-corrected chi connectivity index (χ4v) is 2.92. The Hall–Kier alpha value is -1.49. The number of hydrogen-bond donors (Lipinski definition) is 0. The number of halogens is 3. The van der Waals surface area contributed by atoms with Crippen molar-refractivity contribution in [2.75, 3.05) is 14.2 Å². The van der Waals surface area contributed by atoms with Gasteiger partial charge in [-0.3, -0.25) is 4.98 Å². The Kier molecular flexibility index (Phi) is 4.93. The van der Waals surface area contributed by atoms with Crippen LogP contribution in [0.5, 0.6) is 5.75 Å². The summed E-state index contributed by atoms with van der Waals surface area (Å²) >= 11 is 18.3. The average molecular weight is 347 g/mol. The lowest BCUT2D eigenvalue weighted by atomic mass is 10.0. The molecular weight excluding hydrogens is 337 g/mol. The zero-order chi connectivity index (χ0) is 15.6. The smallest absolute Gasteiger partial charge is 0.342 e. The Morgan fingerprint density at radius 3 is 2.24 bits per heavy atom. The third-order valence-electron chi connectivity index (χ3n) is 2.80. The van der Waals surface area contributed by atoms with E-state index in [2.05, 4.69) is 4.98 Å². The van der Waals surface area contributed by atoms with Gasteiger partial charge in [0.05, 0.1) is 30.5 Å². The topological polar surface area (TPSA) is 48.4 Å². The van der Waals surface area contributed by atoms with Gasteiger partial charge in [0.15, 0.2) is 5.75 Å². The van der Waals surface area contributed by atoms with Crippen LogP contribution in [0, 0.1) is 0 Å². The van der Waals surface area contributed by atoms with Crippen LogP contribution in [0.4, 0.5) is 0 Å². The molecule has 1 aromatic heterocycles. The van der Waals surface area contributed by atoms with Crippen LogP contribution in [0.3, 0.4) is 0 Å². The Balaban J connectivity index is 2.79. The van der Waals surface area contributed by atoms with Crippen molar-refractivity contribution in [1.29, 1.82) is 0 Å². The molecule has 0 atom stereocenters. The second-order valence-electron chi connectivity index (χ2n) is 4.00. The molecule has 0 aliphatic rings. The van der Waals surface area contributed by atoms with Crippen molar-refractivity contribution in [1.82, 2.24) is 4.98 Å². The maximum atomic E-state index is 12.0. The van der Waals surface area contributed by atoms with Crippen molar-refractivity contribution in [2.24, 2.45) is 0 Å². The van der Waals surface area contributed by atoms with E-state index >= 15 is 0 Å². The zero-order valence-electron chi connectivity index (χ0n) is 11.1. The molecule has 0 amide bonds. The number of methoxy groups -OCH3 is 2. The van der Waals surface area contributed by atoms with Gasteiger partial charge in [-0.2, -0.15) is 0 Å². The van der Waals surface area contributed by atoms with Crippen molar-refractivity contribution in [3.8, 4) is 16.9 Å². The van der Waals surface area contributed by atoms with Crippen molar-refractivity contribution in [2.45, 2.75) is 0 Å². The molecule has 1 heterocycles. The molecule has 21 heavy (non-hydrogen) atoms. The molecule has 0 aliphatic carbocycles. The monoisotopic (exact) mass is 345 g/mol. The predicted molar refractivity (Wildman–Crippen MR) is 82.6 cm³/mol. The SMILES string of the molecule is COC(=O)c1c(OC)cncc1-c1c(Cl)cc(Cl)cc1Cl. The molecule has 1 aromatic carbocycles. The lowest BCUT2D eigenvalue weighted by Crippen LogP contribution is -2.07. The summed E-state index contributed by atoms with van der Waals surface area (Å²) in [5.41, 5.74) is 1.04. The molecule has 0 saturated carbocycles. The Morgan fingerprint density at radius 2 is 1.71 bits per heavy atom. The van der Waals surface area contributed by atoms with Crippen molar-refractivity contribution < 1.29 is 14.3 Å². The number of hydrogen-bond acceptors (Lipinski definition) is 4. The summed E-state index contributed by atoms with van der Waals surface area (Å²) in [6.07, 6.45) is 2.88. The van der Waals surface area contributed by atoms with E-state index < -0.39 is 5.97 Å². The largest absolute Gasteiger partial charge is 0.494 e. The minimum atomic E-state index is -0.577. The van der Waals surface area contributed by atoms with Crippen molar-refractivity contribution >= 4 is 40.8 Å². The van der Waals surface area contributed by atoms with Gasteiger partial charge in [-0.05, 0) is 12.1 Å². The number of nitrogens with zero attached hydrogens (tertiary/aromatic N) is 1. The van der Waals surface area contributed by atoms with E-state index in [1.165, 1.54) is 38.7 Å². The molecule has 110 valence electrons. The van der Waals surface area contributed by atoms with Crippen LogP contribution in [0.25, 0.3) is 11.1 Å². The first-order valence-corrected chi connectivity index (χ1v) is 6.88. The highest BCUT2D eigenvalue weighted by Crippen LogP contribution is 2.40. The summed E-state index contributed by atoms with van der Waals surface area (Å²) in [5, 5.41) is 0.990. The summed E-state index contributed by atoms with van der Waals surface area (Å²) in [6.45, 7) is 0. The lowest BCUT2D eigenvalue weighted by Gasteiger charge is -2.14. The molecule has 0 bridgehead atoms. The van der Waals surface area contributed by atoms with Gasteiger partial charge in [0, 0.05) is 22.3 Å². The molecule has 2 aromatic rings. The van der Waals surface area contributed by atoms with Gasteiger partial charge in [-0.15, -0.1) is 0 Å². The second-order valence-corrected chi connectivity index (χ2v) is 5.25. The fraction of sp³-hybridized carbons (Fsp3) is 0.143. The molecule has 0 aliphatic heterocycles. The maximum absolute atomic E-state index is 12.0. The number of rotatable bonds is 3. The quantitative estimate of drug-likeness (QED) is 0.768. The average Bonchev–Trinajstić information content (AvgIpc) is 2.45. The highest BCUT2D eigenvalue weighted by Gasteiger charge is 2.23. The number of esters is 1. The molecule has 0 N–H and O–H groups in total. The second kappa shape index (κ2) is 6.52. The van der Waals surface area contributed by atoms with Crippen LogP contribution in [0.1, 0.15) is 10.4 Å². The van der Waals surface area contributed by atoms with E-state index in [9.17, 15) is 4.79 Å². The van der Waals surface area contributed by atoms with Crippen LogP contribution >= 0.6 is 34.8 Å². The molecule has 0 saturated heterocycles. The minimum absolute atomic E-state index is 0.195. The van der Waals surface area contributed by atoms with Gasteiger partial charge in [-0.25, -0.2) is 4.79 Å². The van der Waals surface area contributed by atoms with Crippen molar-refractivity contribution in [3.05, 3.63) is 45.2 Å². The summed E-state index contributed by atoms with van der Waals surface area (Å²) in [7, 11) is 2.70. The van der Waals surface area contributed by atoms with Gasteiger partial charge >= 0.3 is 5.97 Å². The standard InChI is InChI=1S/C14H10Cl3NO3/c1-20-11-6-18-5-8(13(11)14(19)21-2)12-9(16)3-7(15)4-10(12)17/h3-6H,1-2H3. The fourth-order valence-electron chi connectivity index (χ4n) is 1.90. The first kappa shape index (κ1) is 15.9. The van der Waals surface area contributed by atoms with E-state index in [0.29, 0.717) is 26.2 Å². The Morgan fingerprint density at radius 1 is 1.10 bits per heavy atom. The van der Waals surface area contributed by atoms with Crippen LogP contribution in [-0.4, -0.2) is 25.2 Å². The minimum Gasteiger partial charge on any atom is -0.494 e. The highest BCUT2D eigenvalue weighted by molar-refractivity contribution is 6.42. The van der Waals surface area contributed by atoms with E-state index in [1.54, 1.807) is 0 Å². The lowest BCUT2D eigenvalue weighted by molar-refractivity contribution is 0.0598. The Bertz CT molecular complexity index is 681. The summed E-state index contributed by atoms with van der Waals surface area (Å²) in [5.74, 6) is -0.312. The molecule has 0 fully saturated rings. The van der Waals surface area contributed by atoms with Gasteiger partial charge in [0.1, 0.15) is 5.56 Å². The normalized spacial score (nSPS) is 10.3. The first-order valence-electron chi connectivity index (χ1n) is 5.74. The molecular formula is C14H10Cl3NO3. The molecule has 4 nitrogen and oxygen atoms in total. The van der Waals surface area contributed by atoms with Gasteiger partial charge in [-0.1, -0.05) is 34.8 Å². The van der Waals surface area contributed by atoms with E-state index in [4.69, 9.17) is 44.3 Å². The van der Waals surface area contributed by atoms with Crippen molar-refractivity contribution in [3.63, 3.8) is 0 Å². The first-order chi connectivity index (χ1) is 9.99. The number of carbonyl (C=O) groups is 1. The van der Waals surface area contributed by atoms with Crippen LogP contribution in [-0.2, 0) is 4.74 Å². The summed E-state index contributed by atoms with van der Waals surface area (Å²) in [4.78, 5) is 16.1. The van der Waals surface area contributed by atoms with E-state index in [-0.39, 0.29) is 11.3 Å². The van der Waals surface area contributed by atoms with Gasteiger partial charge < -0.3 is 9.47 Å². The van der Waals surface area contributed by atoms with E-state index in [0.717, 1.165) is 0 Å². The predicted octanol–water partition coefficient (Wildman–Crippen LogP) is 4.50. The third kappa shape index (κ3) is 3.07. The molecule has 0 unspecified atom stereocenters.